The lowest BCUT2D eigenvalue weighted by Gasteiger charge is -2.38. The number of hydrogen-bond donors (Lipinski definition) is 0. The molecule has 1 unspecified atom stereocenters. The summed E-state index contributed by atoms with van der Waals surface area (Å²) in [5.41, 5.74) is 2.06. The van der Waals surface area contributed by atoms with E-state index >= 15 is 0 Å². The Morgan fingerprint density at radius 1 is 1.16 bits per heavy atom. The Labute approximate surface area is 118 Å². The van der Waals surface area contributed by atoms with Crippen LogP contribution in [-0.4, -0.2) is 7.11 Å². The van der Waals surface area contributed by atoms with Crippen LogP contribution in [0, 0.1) is 11.3 Å². The molecule has 0 saturated heterocycles. The van der Waals surface area contributed by atoms with Crippen LogP contribution < -0.4 is 4.74 Å². The van der Waals surface area contributed by atoms with Gasteiger partial charge in [-0.1, -0.05) is 32.9 Å². The highest BCUT2D eigenvalue weighted by molar-refractivity contribution is 5.29. The summed E-state index contributed by atoms with van der Waals surface area (Å²) in [4.78, 5) is 0. The highest BCUT2D eigenvalue weighted by atomic mass is 16.5. The molecule has 0 aliphatic heterocycles. The van der Waals surface area contributed by atoms with Gasteiger partial charge in [-0.3, -0.25) is 0 Å². The normalized spacial score (nSPS) is 21.1. The third kappa shape index (κ3) is 3.52. The van der Waals surface area contributed by atoms with Crippen molar-refractivity contribution >= 4 is 0 Å². The third-order valence-electron chi connectivity index (χ3n) is 4.94. The summed E-state index contributed by atoms with van der Waals surface area (Å²) in [6, 6.07) is 8.72. The number of ether oxygens (including phenoxy) is 1. The van der Waals surface area contributed by atoms with E-state index in [0.29, 0.717) is 5.41 Å². The zero-order chi connectivity index (χ0) is 13.9. The molecule has 1 aromatic rings. The van der Waals surface area contributed by atoms with E-state index in [1.165, 1.54) is 37.7 Å². The molecule has 1 atom stereocenters. The standard InChI is InChI=1S/C18H28O/c1-5-17(14-6-8-16(19-4)9-7-14)15-10-12-18(2,3)13-11-15/h6-9,15,17H,5,10-13H2,1-4H3. The van der Waals surface area contributed by atoms with Gasteiger partial charge in [0.05, 0.1) is 7.11 Å². The highest BCUT2D eigenvalue weighted by Gasteiger charge is 2.31. The molecule has 1 aromatic carbocycles. The van der Waals surface area contributed by atoms with Crippen molar-refractivity contribution < 1.29 is 4.74 Å². The average molecular weight is 260 g/mol. The quantitative estimate of drug-likeness (QED) is 0.703. The molecule has 0 bridgehead atoms. The largest absolute Gasteiger partial charge is 0.497 e. The minimum absolute atomic E-state index is 0.564. The fraction of sp³-hybridized carbons (Fsp3) is 0.667. The molecule has 1 nitrogen and oxygen atoms in total. The SMILES string of the molecule is CCC(c1ccc(OC)cc1)C1CCC(C)(C)CC1. The molecule has 1 saturated carbocycles. The van der Waals surface area contributed by atoms with Crippen molar-refractivity contribution in [2.24, 2.45) is 11.3 Å². The number of hydrogen-bond acceptors (Lipinski definition) is 1. The molecule has 0 heterocycles. The van der Waals surface area contributed by atoms with Crippen LogP contribution in [0.4, 0.5) is 0 Å². The number of methoxy groups -OCH3 is 1. The van der Waals surface area contributed by atoms with Gasteiger partial charge in [0, 0.05) is 0 Å². The van der Waals surface area contributed by atoms with Crippen LogP contribution in [0.1, 0.15) is 64.4 Å². The summed E-state index contributed by atoms with van der Waals surface area (Å²) in [5.74, 6) is 2.55. The van der Waals surface area contributed by atoms with Gasteiger partial charge >= 0.3 is 0 Å². The van der Waals surface area contributed by atoms with E-state index in [9.17, 15) is 0 Å². The van der Waals surface area contributed by atoms with Crippen LogP contribution in [0.15, 0.2) is 24.3 Å². The minimum Gasteiger partial charge on any atom is -0.497 e. The summed E-state index contributed by atoms with van der Waals surface area (Å²) in [6.07, 6.45) is 6.78. The Hall–Kier alpha value is -0.980. The van der Waals surface area contributed by atoms with Crippen molar-refractivity contribution in [3.63, 3.8) is 0 Å². The monoisotopic (exact) mass is 260 g/mol. The van der Waals surface area contributed by atoms with E-state index in [1.54, 1.807) is 7.11 Å². The van der Waals surface area contributed by atoms with E-state index in [1.807, 2.05) is 0 Å². The van der Waals surface area contributed by atoms with Gasteiger partial charge in [0.25, 0.3) is 0 Å². The van der Waals surface area contributed by atoms with Gasteiger partial charge in [0.2, 0.25) is 0 Å². The molecule has 0 amide bonds. The maximum Gasteiger partial charge on any atom is 0.118 e. The fourth-order valence-corrected chi connectivity index (χ4v) is 3.52. The molecule has 1 aliphatic carbocycles. The topological polar surface area (TPSA) is 9.23 Å². The van der Waals surface area contributed by atoms with Crippen LogP contribution in [0.3, 0.4) is 0 Å². The molecule has 0 N–H and O–H groups in total. The van der Waals surface area contributed by atoms with E-state index in [0.717, 1.165) is 17.6 Å². The van der Waals surface area contributed by atoms with E-state index < -0.39 is 0 Å². The summed E-state index contributed by atoms with van der Waals surface area (Å²) < 4.78 is 5.26. The Kier molecular flexibility index (Phi) is 4.54. The molecule has 1 fully saturated rings. The fourth-order valence-electron chi connectivity index (χ4n) is 3.52. The molecule has 0 spiro atoms. The minimum atomic E-state index is 0.564. The van der Waals surface area contributed by atoms with Crippen molar-refractivity contribution in [2.75, 3.05) is 7.11 Å². The predicted octanol–water partition coefficient (Wildman–Crippen LogP) is 5.41. The van der Waals surface area contributed by atoms with E-state index in [-0.39, 0.29) is 0 Å². The van der Waals surface area contributed by atoms with Gasteiger partial charge in [-0.15, -0.1) is 0 Å². The van der Waals surface area contributed by atoms with Gasteiger partial charge in [-0.05, 0) is 67.1 Å². The Morgan fingerprint density at radius 3 is 2.21 bits per heavy atom. The van der Waals surface area contributed by atoms with Crippen LogP contribution in [0.5, 0.6) is 5.75 Å². The number of benzene rings is 1. The van der Waals surface area contributed by atoms with E-state index in [2.05, 4.69) is 45.0 Å². The second kappa shape index (κ2) is 5.98. The average Bonchev–Trinajstić information content (AvgIpc) is 2.42. The van der Waals surface area contributed by atoms with Gasteiger partial charge in [0.1, 0.15) is 5.75 Å². The van der Waals surface area contributed by atoms with Crippen LogP contribution in [0.2, 0.25) is 0 Å². The Balaban J connectivity index is 2.07. The van der Waals surface area contributed by atoms with Crippen LogP contribution in [0.25, 0.3) is 0 Å². The first-order valence-electron chi connectivity index (χ1n) is 7.69. The first-order valence-corrected chi connectivity index (χ1v) is 7.69. The lowest BCUT2D eigenvalue weighted by atomic mass is 9.68. The van der Waals surface area contributed by atoms with Crippen molar-refractivity contribution in [3.05, 3.63) is 29.8 Å². The maximum atomic E-state index is 5.26. The zero-order valence-corrected chi connectivity index (χ0v) is 12.9. The predicted molar refractivity (Wildman–Crippen MR) is 81.8 cm³/mol. The smallest absolute Gasteiger partial charge is 0.118 e. The summed E-state index contributed by atoms with van der Waals surface area (Å²) in [6.45, 7) is 7.16. The molecule has 0 radical (unpaired) electrons. The second-order valence-electron chi connectivity index (χ2n) is 6.79. The van der Waals surface area contributed by atoms with E-state index in [4.69, 9.17) is 4.74 Å². The first kappa shape index (κ1) is 14.4. The number of rotatable bonds is 4. The highest BCUT2D eigenvalue weighted by Crippen LogP contribution is 2.44. The van der Waals surface area contributed by atoms with Crippen molar-refractivity contribution in [1.82, 2.24) is 0 Å². The molecular formula is C18H28O. The summed E-state index contributed by atoms with van der Waals surface area (Å²) in [5, 5.41) is 0. The second-order valence-corrected chi connectivity index (χ2v) is 6.79. The van der Waals surface area contributed by atoms with Gasteiger partial charge in [-0.2, -0.15) is 0 Å². The molecule has 106 valence electrons. The van der Waals surface area contributed by atoms with Crippen molar-refractivity contribution in [1.29, 1.82) is 0 Å². The van der Waals surface area contributed by atoms with Crippen LogP contribution >= 0.6 is 0 Å². The molecular weight excluding hydrogens is 232 g/mol. The van der Waals surface area contributed by atoms with Crippen LogP contribution in [-0.2, 0) is 0 Å². The molecule has 1 heteroatoms. The van der Waals surface area contributed by atoms with Crippen molar-refractivity contribution in [3.8, 4) is 5.75 Å². The Morgan fingerprint density at radius 2 is 1.74 bits per heavy atom. The maximum absolute atomic E-state index is 5.26. The summed E-state index contributed by atoms with van der Waals surface area (Å²) >= 11 is 0. The molecule has 0 aromatic heterocycles. The van der Waals surface area contributed by atoms with Crippen molar-refractivity contribution in [2.45, 2.75) is 58.8 Å². The lowest BCUT2D eigenvalue weighted by molar-refractivity contribution is 0.170. The molecule has 2 rings (SSSR count). The Bertz CT molecular complexity index is 381. The summed E-state index contributed by atoms with van der Waals surface area (Å²) in [7, 11) is 1.73. The first-order chi connectivity index (χ1) is 9.05. The third-order valence-corrected chi connectivity index (χ3v) is 4.94. The molecule has 1 aliphatic rings. The van der Waals surface area contributed by atoms with Gasteiger partial charge in [-0.25, -0.2) is 0 Å². The van der Waals surface area contributed by atoms with Gasteiger partial charge in [0.15, 0.2) is 0 Å². The lowest BCUT2D eigenvalue weighted by Crippen LogP contribution is -2.25. The zero-order valence-electron chi connectivity index (χ0n) is 12.9. The molecule has 19 heavy (non-hydrogen) atoms. The van der Waals surface area contributed by atoms with Gasteiger partial charge < -0.3 is 4.74 Å².